The highest BCUT2D eigenvalue weighted by atomic mass is 31.2. The summed E-state index contributed by atoms with van der Waals surface area (Å²) < 4.78 is 21.8. The fourth-order valence-corrected chi connectivity index (χ4v) is 2.71. The molecule has 0 aromatic carbocycles. The zero-order valence-electron chi connectivity index (χ0n) is 11.4. The first-order valence-electron chi connectivity index (χ1n) is 5.82. The lowest BCUT2D eigenvalue weighted by Crippen LogP contribution is -2.34. The van der Waals surface area contributed by atoms with Gasteiger partial charge in [0.15, 0.2) is 7.29 Å². The standard InChI is InChI=1S/C11H24NO4P/c1-6-9(2)7-16-11(13)10(3)12-17(5,14)8-15-4/h9-10H,6-8H2,1-5H3,(H,12,14). The van der Waals surface area contributed by atoms with Crippen molar-refractivity contribution in [1.82, 2.24) is 5.09 Å². The second kappa shape index (κ2) is 7.85. The number of hydrogen-bond donors (Lipinski definition) is 1. The maximum absolute atomic E-state index is 11.9. The van der Waals surface area contributed by atoms with Crippen LogP contribution in [0, 0.1) is 5.92 Å². The van der Waals surface area contributed by atoms with Gasteiger partial charge in [-0.3, -0.25) is 9.88 Å². The van der Waals surface area contributed by atoms with Crippen molar-refractivity contribution >= 4 is 13.3 Å². The minimum atomic E-state index is -2.63. The molecule has 0 spiro atoms. The predicted molar refractivity (Wildman–Crippen MR) is 68.4 cm³/mol. The topological polar surface area (TPSA) is 64.6 Å². The Morgan fingerprint density at radius 2 is 2.00 bits per heavy atom. The monoisotopic (exact) mass is 265 g/mol. The maximum Gasteiger partial charge on any atom is 0.323 e. The molecule has 0 aliphatic heterocycles. The molecule has 17 heavy (non-hydrogen) atoms. The number of rotatable bonds is 8. The molecule has 0 radical (unpaired) electrons. The third-order valence-corrected chi connectivity index (χ3v) is 4.09. The number of carbonyl (C=O) groups is 1. The Balaban J connectivity index is 4.09. The van der Waals surface area contributed by atoms with E-state index in [1.54, 1.807) is 13.6 Å². The van der Waals surface area contributed by atoms with Gasteiger partial charge < -0.3 is 14.0 Å². The van der Waals surface area contributed by atoms with E-state index in [0.717, 1.165) is 6.42 Å². The number of esters is 1. The molecule has 0 saturated heterocycles. The van der Waals surface area contributed by atoms with E-state index in [1.807, 2.05) is 13.8 Å². The van der Waals surface area contributed by atoms with Crippen LogP contribution >= 0.6 is 7.29 Å². The SMILES string of the molecule is CCC(C)COC(=O)C(C)NP(C)(=O)COC. The highest BCUT2D eigenvalue weighted by Gasteiger charge is 2.23. The van der Waals surface area contributed by atoms with Gasteiger partial charge in [0, 0.05) is 13.8 Å². The average Bonchev–Trinajstić information content (AvgIpc) is 2.24. The van der Waals surface area contributed by atoms with Crippen molar-refractivity contribution in [2.45, 2.75) is 33.2 Å². The molecule has 0 aliphatic carbocycles. The fraction of sp³-hybridized carbons (Fsp3) is 0.909. The molecule has 3 atom stereocenters. The lowest BCUT2D eigenvalue weighted by atomic mass is 10.1. The predicted octanol–water partition coefficient (Wildman–Crippen LogP) is 2.07. The normalized spacial score (nSPS) is 18.2. The van der Waals surface area contributed by atoms with Crippen molar-refractivity contribution < 1.29 is 18.8 Å². The van der Waals surface area contributed by atoms with E-state index in [4.69, 9.17) is 9.47 Å². The lowest BCUT2D eigenvalue weighted by Gasteiger charge is -2.19. The van der Waals surface area contributed by atoms with Crippen LogP contribution < -0.4 is 5.09 Å². The van der Waals surface area contributed by atoms with Gasteiger partial charge in [-0.25, -0.2) is 0 Å². The minimum Gasteiger partial charge on any atom is -0.464 e. The number of ether oxygens (including phenoxy) is 2. The van der Waals surface area contributed by atoms with Gasteiger partial charge in [0.05, 0.1) is 6.61 Å². The van der Waals surface area contributed by atoms with Crippen LogP contribution in [0.4, 0.5) is 0 Å². The summed E-state index contributed by atoms with van der Waals surface area (Å²) in [5, 5.41) is 2.75. The quantitative estimate of drug-likeness (QED) is 0.537. The minimum absolute atomic E-state index is 0.107. The van der Waals surface area contributed by atoms with Crippen LogP contribution in [0.15, 0.2) is 0 Å². The van der Waals surface area contributed by atoms with E-state index in [0.29, 0.717) is 12.5 Å². The number of nitrogens with one attached hydrogen (secondary N) is 1. The molecular weight excluding hydrogens is 241 g/mol. The molecule has 3 unspecified atom stereocenters. The van der Waals surface area contributed by atoms with Crippen molar-refractivity contribution in [3.8, 4) is 0 Å². The molecule has 0 amide bonds. The largest absolute Gasteiger partial charge is 0.464 e. The molecule has 102 valence electrons. The van der Waals surface area contributed by atoms with E-state index >= 15 is 0 Å². The summed E-state index contributed by atoms with van der Waals surface area (Å²) in [6.45, 7) is 7.65. The Morgan fingerprint density at radius 3 is 2.47 bits per heavy atom. The van der Waals surface area contributed by atoms with Gasteiger partial charge in [-0.05, 0) is 12.8 Å². The first kappa shape index (κ1) is 16.6. The molecule has 0 saturated carbocycles. The first-order valence-corrected chi connectivity index (χ1v) is 8.16. The number of methoxy groups -OCH3 is 1. The molecule has 0 fully saturated rings. The fourth-order valence-electron chi connectivity index (χ4n) is 1.21. The van der Waals surface area contributed by atoms with Gasteiger partial charge in [-0.2, -0.15) is 0 Å². The molecule has 0 rings (SSSR count). The van der Waals surface area contributed by atoms with Crippen LogP contribution in [-0.2, 0) is 18.8 Å². The van der Waals surface area contributed by atoms with Gasteiger partial charge in [-0.15, -0.1) is 0 Å². The second-order valence-corrected chi connectivity index (χ2v) is 7.23. The number of carbonyl (C=O) groups excluding carboxylic acids is 1. The van der Waals surface area contributed by atoms with Crippen molar-refractivity contribution in [1.29, 1.82) is 0 Å². The van der Waals surface area contributed by atoms with E-state index in [2.05, 4.69) is 5.09 Å². The van der Waals surface area contributed by atoms with Crippen LogP contribution in [0.5, 0.6) is 0 Å². The molecule has 6 heteroatoms. The van der Waals surface area contributed by atoms with Gasteiger partial charge in [0.2, 0.25) is 0 Å². The Hall–Kier alpha value is -0.380. The Bertz CT molecular complexity index is 283. The van der Waals surface area contributed by atoms with Gasteiger partial charge in [0.25, 0.3) is 0 Å². The van der Waals surface area contributed by atoms with Gasteiger partial charge in [-0.1, -0.05) is 20.3 Å². The van der Waals surface area contributed by atoms with Crippen molar-refractivity contribution in [2.24, 2.45) is 5.92 Å². The summed E-state index contributed by atoms with van der Waals surface area (Å²) in [5.41, 5.74) is 0. The highest BCUT2D eigenvalue weighted by molar-refractivity contribution is 7.60. The zero-order valence-corrected chi connectivity index (χ0v) is 12.3. The molecule has 0 heterocycles. The smallest absolute Gasteiger partial charge is 0.323 e. The van der Waals surface area contributed by atoms with Crippen molar-refractivity contribution in [3.05, 3.63) is 0 Å². The summed E-state index contributed by atoms with van der Waals surface area (Å²) in [6.07, 6.45) is 1.07. The third kappa shape index (κ3) is 7.53. The number of hydrogen-bond acceptors (Lipinski definition) is 4. The Labute approximate surface area is 104 Å². The molecule has 5 nitrogen and oxygen atoms in total. The first-order chi connectivity index (χ1) is 7.82. The maximum atomic E-state index is 11.9. The molecular formula is C11H24NO4P. The summed E-state index contributed by atoms with van der Waals surface area (Å²) in [4.78, 5) is 11.6. The molecule has 0 aromatic rings. The van der Waals surface area contributed by atoms with Crippen molar-refractivity contribution in [3.63, 3.8) is 0 Å². The molecule has 0 aromatic heterocycles. The average molecular weight is 265 g/mol. The van der Waals surface area contributed by atoms with Crippen LogP contribution in [-0.4, -0.2) is 38.7 Å². The summed E-state index contributed by atoms with van der Waals surface area (Å²) in [7, 11) is -1.15. The van der Waals surface area contributed by atoms with Crippen LogP contribution in [0.25, 0.3) is 0 Å². The van der Waals surface area contributed by atoms with Crippen LogP contribution in [0.3, 0.4) is 0 Å². The zero-order chi connectivity index (χ0) is 13.5. The van der Waals surface area contributed by atoms with Crippen LogP contribution in [0.2, 0.25) is 0 Å². The molecule has 1 N–H and O–H groups in total. The molecule has 0 bridgehead atoms. The van der Waals surface area contributed by atoms with Gasteiger partial charge in [0.1, 0.15) is 12.4 Å². The summed E-state index contributed by atoms with van der Waals surface area (Å²) in [5.74, 6) is -0.0259. The summed E-state index contributed by atoms with van der Waals surface area (Å²) >= 11 is 0. The Morgan fingerprint density at radius 1 is 1.41 bits per heavy atom. The summed E-state index contributed by atoms with van der Waals surface area (Å²) in [6, 6.07) is -0.579. The van der Waals surface area contributed by atoms with E-state index in [1.165, 1.54) is 7.11 Å². The second-order valence-electron chi connectivity index (χ2n) is 4.51. The van der Waals surface area contributed by atoms with E-state index in [9.17, 15) is 9.36 Å². The third-order valence-electron chi connectivity index (χ3n) is 2.40. The van der Waals surface area contributed by atoms with E-state index < -0.39 is 13.3 Å². The van der Waals surface area contributed by atoms with Crippen molar-refractivity contribution in [2.75, 3.05) is 26.7 Å². The van der Waals surface area contributed by atoms with E-state index in [-0.39, 0.29) is 12.3 Å². The van der Waals surface area contributed by atoms with Crippen LogP contribution in [0.1, 0.15) is 27.2 Å². The Kier molecular flexibility index (Phi) is 7.68. The van der Waals surface area contributed by atoms with Gasteiger partial charge >= 0.3 is 5.97 Å². The highest BCUT2D eigenvalue weighted by Crippen LogP contribution is 2.36. The lowest BCUT2D eigenvalue weighted by molar-refractivity contribution is -0.146. The molecule has 0 aliphatic rings.